The van der Waals surface area contributed by atoms with Crippen LogP contribution in [0, 0.1) is 0 Å². The SMILES string of the molecule is CC(O)(CNC(=O)C(=O)NCCc1ccccc1)c1cccs1. The summed E-state index contributed by atoms with van der Waals surface area (Å²) in [6.07, 6.45) is 0.659. The molecule has 23 heavy (non-hydrogen) atoms. The number of thiophene rings is 1. The van der Waals surface area contributed by atoms with Crippen molar-refractivity contribution in [1.82, 2.24) is 10.6 Å². The molecule has 1 aromatic heterocycles. The molecule has 0 aliphatic carbocycles. The number of amides is 2. The smallest absolute Gasteiger partial charge is 0.309 e. The van der Waals surface area contributed by atoms with E-state index in [2.05, 4.69) is 10.6 Å². The Labute approximate surface area is 139 Å². The molecule has 0 saturated heterocycles. The highest BCUT2D eigenvalue weighted by molar-refractivity contribution is 7.10. The van der Waals surface area contributed by atoms with E-state index in [1.165, 1.54) is 11.3 Å². The molecule has 6 heteroatoms. The van der Waals surface area contributed by atoms with Crippen molar-refractivity contribution in [2.24, 2.45) is 0 Å². The van der Waals surface area contributed by atoms with E-state index in [9.17, 15) is 14.7 Å². The lowest BCUT2D eigenvalue weighted by molar-refractivity contribution is -0.139. The molecular weight excluding hydrogens is 312 g/mol. The number of hydrogen-bond donors (Lipinski definition) is 3. The molecule has 0 radical (unpaired) electrons. The maximum Gasteiger partial charge on any atom is 0.309 e. The molecule has 0 saturated carbocycles. The van der Waals surface area contributed by atoms with Gasteiger partial charge in [0.1, 0.15) is 5.60 Å². The Hall–Kier alpha value is -2.18. The van der Waals surface area contributed by atoms with E-state index in [-0.39, 0.29) is 6.54 Å². The van der Waals surface area contributed by atoms with E-state index in [4.69, 9.17) is 0 Å². The number of aliphatic hydroxyl groups is 1. The van der Waals surface area contributed by atoms with E-state index in [0.717, 1.165) is 10.4 Å². The fourth-order valence-corrected chi connectivity index (χ4v) is 2.84. The summed E-state index contributed by atoms with van der Waals surface area (Å²) >= 11 is 1.40. The minimum Gasteiger partial charge on any atom is -0.383 e. The molecule has 1 heterocycles. The van der Waals surface area contributed by atoms with Gasteiger partial charge in [-0.05, 0) is 30.4 Å². The van der Waals surface area contributed by atoms with Gasteiger partial charge in [-0.2, -0.15) is 0 Å². The first-order chi connectivity index (χ1) is 11.0. The standard InChI is InChI=1S/C17H20N2O3S/c1-17(22,14-8-5-11-23-14)12-19-16(21)15(20)18-10-9-13-6-3-2-4-7-13/h2-8,11,22H,9-10,12H2,1H3,(H,18,20)(H,19,21). The maximum absolute atomic E-state index is 11.8. The van der Waals surface area contributed by atoms with Crippen molar-refractivity contribution in [2.45, 2.75) is 18.9 Å². The highest BCUT2D eigenvalue weighted by Crippen LogP contribution is 2.24. The van der Waals surface area contributed by atoms with Crippen molar-refractivity contribution < 1.29 is 14.7 Å². The van der Waals surface area contributed by atoms with Gasteiger partial charge in [0.15, 0.2) is 0 Å². The number of hydrogen-bond acceptors (Lipinski definition) is 4. The molecule has 1 unspecified atom stereocenters. The van der Waals surface area contributed by atoms with Crippen LogP contribution in [-0.4, -0.2) is 30.0 Å². The van der Waals surface area contributed by atoms with Gasteiger partial charge < -0.3 is 15.7 Å². The third kappa shape index (κ3) is 5.19. The highest BCUT2D eigenvalue weighted by atomic mass is 32.1. The summed E-state index contributed by atoms with van der Waals surface area (Å²) in [4.78, 5) is 24.2. The Morgan fingerprint density at radius 3 is 2.43 bits per heavy atom. The van der Waals surface area contributed by atoms with Crippen molar-refractivity contribution in [2.75, 3.05) is 13.1 Å². The number of nitrogens with one attached hydrogen (secondary N) is 2. The van der Waals surface area contributed by atoms with Gasteiger partial charge in [-0.15, -0.1) is 11.3 Å². The Morgan fingerprint density at radius 1 is 1.09 bits per heavy atom. The van der Waals surface area contributed by atoms with Crippen LogP contribution in [0.4, 0.5) is 0 Å². The first kappa shape index (κ1) is 17.2. The zero-order chi connectivity index (χ0) is 16.7. The van der Waals surface area contributed by atoms with E-state index in [0.29, 0.717) is 13.0 Å². The lowest BCUT2D eigenvalue weighted by Crippen LogP contribution is -2.45. The molecular formula is C17H20N2O3S. The molecule has 0 aliphatic rings. The first-order valence-corrected chi connectivity index (χ1v) is 8.23. The molecule has 0 bridgehead atoms. The molecule has 2 amide bonds. The average molecular weight is 332 g/mol. The maximum atomic E-state index is 11.8. The first-order valence-electron chi connectivity index (χ1n) is 7.35. The summed E-state index contributed by atoms with van der Waals surface area (Å²) in [7, 11) is 0. The van der Waals surface area contributed by atoms with Crippen molar-refractivity contribution >= 4 is 23.2 Å². The molecule has 1 atom stereocenters. The van der Waals surface area contributed by atoms with E-state index < -0.39 is 17.4 Å². The molecule has 0 aliphatic heterocycles. The quantitative estimate of drug-likeness (QED) is 0.700. The third-order valence-electron chi connectivity index (χ3n) is 3.39. The summed E-state index contributed by atoms with van der Waals surface area (Å²) in [6, 6.07) is 13.3. The number of benzene rings is 1. The predicted octanol–water partition coefficient (Wildman–Crippen LogP) is 1.43. The number of rotatable bonds is 6. The summed E-state index contributed by atoms with van der Waals surface area (Å²) in [5.41, 5.74) is -0.0948. The van der Waals surface area contributed by atoms with Crippen LogP contribution in [-0.2, 0) is 21.6 Å². The average Bonchev–Trinajstić information content (AvgIpc) is 3.09. The van der Waals surface area contributed by atoms with Crippen LogP contribution >= 0.6 is 11.3 Å². The van der Waals surface area contributed by atoms with Crippen LogP contribution in [0.1, 0.15) is 17.4 Å². The Balaban J connectivity index is 1.74. The van der Waals surface area contributed by atoms with Crippen LogP contribution in [0.2, 0.25) is 0 Å². The van der Waals surface area contributed by atoms with Gasteiger partial charge >= 0.3 is 11.8 Å². The lowest BCUT2D eigenvalue weighted by atomic mass is 10.1. The van der Waals surface area contributed by atoms with Gasteiger partial charge in [-0.25, -0.2) is 0 Å². The second kappa shape index (κ2) is 7.89. The molecule has 122 valence electrons. The molecule has 0 fully saturated rings. The molecule has 5 nitrogen and oxygen atoms in total. The highest BCUT2D eigenvalue weighted by Gasteiger charge is 2.26. The van der Waals surface area contributed by atoms with Crippen LogP contribution in [0.5, 0.6) is 0 Å². The lowest BCUT2D eigenvalue weighted by Gasteiger charge is -2.22. The monoisotopic (exact) mass is 332 g/mol. The van der Waals surface area contributed by atoms with Crippen LogP contribution in [0.15, 0.2) is 47.8 Å². The molecule has 1 aromatic carbocycles. The largest absolute Gasteiger partial charge is 0.383 e. The topological polar surface area (TPSA) is 78.4 Å². The fraction of sp³-hybridized carbons (Fsp3) is 0.294. The molecule has 0 spiro atoms. The van der Waals surface area contributed by atoms with Gasteiger partial charge in [0.2, 0.25) is 0 Å². The normalized spacial score (nSPS) is 13.1. The summed E-state index contributed by atoms with van der Waals surface area (Å²) < 4.78 is 0. The van der Waals surface area contributed by atoms with E-state index in [1.54, 1.807) is 13.0 Å². The molecule has 3 N–H and O–H groups in total. The summed E-state index contributed by atoms with van der Waals surface area (Å²) in [5, 5.41) is 17.2. The van der Waals surface area contributed by atoms with Crippen molar-refractivity contribution in [3.05, 3.63) is 58.3 Å². The zero-order valence-electron chi connectivity index (χ0n) is 12.9. The fourth-order valence-electron chi connectivity index (χ4n) is 2.05. The van der Waals surface area contributed by atoms with E-state index >= 15 is 0 Å². The van der Waals surface area contributed by atoms with Crippen LogP contribution < -0.4 is 10.6 Å². The third-order valence-corrected chi connectivity index (χ3v) is 4.52. The zero-order valence-corrected chi connectivity index (χ0v) is 13.7. The van der Waals surface area contributed by atoms with Gasteiger partial charge in [0, 0.05) is 11.4 Å². The minimum absolute atomic E-state index is 0.0154. The summed E-state index contributed by atoms with van der Waals surface area (Å²) in [6.45, 7) is 1.97. The van der Waals surface area contributed by atoms with Gasteiger partial charge in [0.05, 0.1) is 6.54 Å². The number of carbonyl (C=O) groups excluding carboxylic acids is 2. The Bertz CT molecular complexity index is 639. The molecule has 2 rings (SSSR count). The van der Waals surface area contributed by atoms with E-state index in [1.807, 2.05) is 41.8 Å². The van der Waals surface area contributed by atoms with Gasteiger partial charge in [-0.3, -0.25) is 9.59 Å². The van der Waals surface area contributed by atoms with Crippen molar-refractivity contribution in [3.8, 4) is 0 Å². The minimum atomic E-state index is -1.19. The van der Waals surface area contributed by atoms with Gasteiger partial charge in [-0.1, -0.05) is 36.4 Å². The van der Waals surface area contributed by atoms with Crippen LogP contribution in [0.25, 0.3) is 0 Å². The van der Waals surface area contributed by atoms with Gasteiger partial charge in [0.25, 0.3) is 0 Å². The predicted molar refractivity (Wildman–Crippen MR) is 90.1 cm³/mol. The Kier molecular flexibility index (Phi) is 5.90. The van der Waals surface area contributed by atoms with Crippen molar-refractivity contribution in [1.29, 1.82) is 0 Å². The summed E-state index contributed by atoms with van der Waals surface area (Å²) in [5.74, 6) is -1.43. The molecule has 2 aromatic rings. The Morgan fingerprint density at radius 2 is 1.78 bits per heavy atom. The second-order valence-electron chi connectivity index (χ2n) is 5.43. The second-order valence-corrected chi connectivity index (χ2v) is 6.37. The van der Waals surface area contributed by atoms with Crippen molar-refractivity contribution in [3.63, 3.8) is 0 Å². The van der Waals surface area contributed by atoms with Crippen LogP contribution in [0.3, 0.4) is 0 Å². The number of carbonyl (C=O) groups is 2.